The maximum absolute atomic E-state index is 11.9. The van der Waals surface area contributed by atoms with E-state index in [-0.39, 0.29) is 31.1 Å². The Kier molecular flexibility index (Phi) is 5.83. The lowest BCUT2D eigenvalue weighted by molar-refractivity contribution is -0.145. The minimum absolute atomic E-state index is 0.0435. The van der Waals surface area contributed by atoms with Gasteiger partial charge in [0.25, 0.3) is 5.89 Å². The number of Topliss-reactive ketones (excluding diaryl/α,β-unsaturated/α-hetero) is 1. The van der Waals surface area contributed by atoms with Gasteiger partial charge in [-0.3, -0.25) is 9.59 Å². The molecule has 0 aromatic carbocycles. The molecule has 0 aliphatic carbocycles. The summed E-state index contributed by atoms with van der Waals surface area (Å²) in [7, 11) is 0. The van der Waals surface area contributed by atoms with Crippen LogP contribution < -0.4 is 0 Å². The van der Waals surface area contributed by atoms with Crippen LogP contribution in [0.25, 0.3) is 0 Å². The fourth-order valence-electron chi connectivity index (χ4n) is 1.81. The minimum atomic E-state index is -0.447. The van der Waals surface area contributed by atoms with Gasteiger partial charge in [0.15, 0.2) is 18.2 Å². The molecular weight excluding hydrogens is 304 g/mol. The number of hydrogen-bond donors (Lipinski definition) is 0. The predicted molar refractivity (Wildman–Crippen MR) is 80.7 cm³/mol. The van der Waals surface area contributed by atoms with E-state index in [0.717, 1.165) is 17.7 Å². The Hall–Kier alpha value is -2.02. The number of rotatable bonds is 8. The molecule has 0 unspecified atom stereocenters. The van der Waals surface area contributed by atoms with Gasteiger partial charge in [-0.1, -0.05) is 12.1 Å². The van der Waals surface area contributed by atoms with Crippen LogP contribution in [-0.4, -0.2) is 21.9 Å². The van der Waals surface area contributed by atoms with Gasteiger partial charge in [-0.25, -0.2) is 0 Å². The van der Waals surface area contributed by atoms with Gasteiger partial charge in [0.2, 0.25) is 0 Å². The molecule has 22 heavy (non-hydrogen) atoms. The molecule has 0 saturated heterocycles. The zero-order chi connectivity index (χ0) is 15.9. The Bertz CT molecular complexity index is 648. The lowest BCUT2D eigenvalue weighted by atomic mass is 10.2. The minimum Gasteiger partial charge on any atom is -0.456 e. The van der Waals surface area contributed by atoms with Crippen LogP contribution in [0.15, 0.2) is 16.7 Å². The summed E-state index contributed by atoms with van der Waals surface area (Å²) in [5, 5.41) is 3.77. The zero-order valence-corrected chi connectivity index (χ0v) is 13.4. The number of nitrogens with zero attached hydrogens (tertiary/aromatic N) is 2. The average molecular weight is 322 g/mol. The molecule has 2 heterocycles. The lowest BCUT2D eigenvalue weighted by Gasteiger charge is -2.01. The monoisotopic (exact) mass is 322 g/mol. The van der Waals surface area contributed by atoms with Crippen molar-refractivity contribution in [3.05, 3.63) is 33.6 Å². The van der Waals surface area contributed by atoms with Crippen LogP contribution in [0.5, 0.6) is 0 Å². The molecule has 0 aliphatic rings. The standard InChI is InChI=1S/C15H18N2O4S/c1-3-4-13-16-14(21-17-13)9-20-15(19)8-6-11(18)12-7-5-10(2)22-12/h5,7H,3-4,6,8-9H2,1-2H3. The SMILES string of the molecule is CCCc1noc(COC(=O)CCC(=O)c2ccc(C)s2)n1. The van der Waals surface area contributed by atoms with Crippen LogP contribution in [0.1, 0.15) is 52.5 Å². The second-order valence-corrected chi connectivity index (χ2v) is 6.14. The molecule has 2 aromatic rings. The van der Waals surface area contributed by atoms with E-state index < -0.39 is 5.97 Å². The number of hydrogen-bond acceptors (Lipinski definition) is 7. The Morgan fingerprint density at radius 3 is 2.82 bits per heavy atom. The van der Waals surface area contributed by atoms with Crippen molar-refractivity contribution in [2.75, 3.05) is 0 Å². The van der Waals surface area contributed by atoms with E-state index in [4.69, 9.17) is 9.26 Å². The highest BCUT2D eigenvalue weighted by Crippen LogP contribution is 2.17. The third-order valence-electron chi connectivity index (χ3n) is 2.91. The summed E-state index contributed by atoms with van der Waals surface area (Å²) in [5.41, 5.74) is 0. The number of esters is 1. The zero-order valence-electron chi connectivity index (χ0n) is 12.6. The van der Waals surface area contributed by atoms with Crippen LogP contribution in [0.2, 0.25) is 0 Å². The predicted octanol–water partition coefficient (Wildman–Crippen LogP) is 3.10. The smallest absolute Gasteiger partial charge is 0.306 e. The highest BCUT2D eigenvalue weighted by molar-refractivity contribution is 7.14. The normalized spacial score (nSPS) is 10.6. The molecule has 0 bridgehead atoms. The molecule has 118 valence electrons. The van der Waals surface area contributed by atoms with Crippen molar-refractivity contribution < 1.29 is 18.8 Å². The van der Waals surface area contributed by atoms with Crippen LogP contribution in [0.3, 0.4) is 0 Å². The summed E-state index contributed by atoms with van der Waals surface area (Å²) in [6.07, 6.45) is 1.84. The van der Waals surface area contributed by atoms with E-state index in [0.29, 0.717) is 10.7 Å². The van der Waals surface area contributed by atoms with Gasteiger partial charge in [0, 0.05) is 17.7 Å². The van der Waals surface area contributed by atoms with Crippen molar-refractivity contribution in [3.8, 4) is 0 Å². The van der Waals surface area contributed by atoms with Gasteiger partial charge in [0.1, 0.15) is 0 Å². The number of aryl methyl sites for hydroxylation is 2. The van der Waals surface area contributed by atoms with E-state index in [9.17, 15) is 9.59 Å². The third-order valence-corrected chi connectivity index (χ3v) is 3.95. The molecule has 0 amide bonds. The van der Waals surface area contributed by atoms with Gasteiger partial charge in [-0.05, 0) is 25.5 Å². The summed E-state index contributed by atoms with van der Waals surface area (Å²) in [6.45, 7) is 3.90. The van der Waals surface area contributed by atoms with Crippen LogP contribution in [-0.2, 0) is 22.6 Å². The van der Waals surface area contributed by atoms with Gasteiger partial charge < -0.3 is 9.26 Å². The highest BCUT2D eigenvalue weighted by Gasteiger charge is 2.13. The molecule has 6 nitrogen and oxygen atoms in total. The molecular formula is C15H18N2O4S. The molecule has 7 heteroatoms. The molecule has 0 saturated carbocycles. The summed E-state index contributed by atoms with van der Waals surface area (Å²) >= 11 is 1.43. The molecule has 0 fully saturated rings. The number of carbonyl (C=O) groups is 2. The van der Waals surface area contributed by atoms with E-state index in [1.165, 1.54) is 11.3 Å². The van der Waals surface area contributed by atoms with Crippen molar-refractivity contribution in [1.82, 2.24) is 10.1 Å². The Morgan fingerprint density at radius 1 is 1.32 bits per heavy atom. The largest absolute Gasteiger partial charge is 0.456 e. The van der Waals surface area contributed by atoms with Crippen molar-refractivity contribution in [2.45, 2.75) is 46.1 Å². The first-order valence-electron chi connectivity index (χ1n) is 7.15. The first-order valence-corrected chi connectivity index (χ1v) is 7.97. The number of ketones is 1. The van der Waals surface area contributed by atoms with Crippen LogP contribution in [0, 0.1) is 6.92 Å². The average Bonchev–Trinajstić information content (AvgIpc) is 3.12. The Labute approximate surface area is 132 Å². The van der Waals surface area contributed by atoms with E-state index in [1.807, 2.05) is 19.9 Å². The van der Waals surface area contributed by atoms with Crippen molar-refractivity contribution in [2.24, 2.45) is 0 Å². The second kappa shape index (κ2) is 7.84. The first kappa shape index (κ1) is 16.4. The maximum Gasteiger partial charge on any atom is 0.306 e. The van der Waals surface area contributed by atoms with Crippen molar-refractivity contribution >= 4 is 23.1 Å². The molecule has 0 aliphatic heterocycles. The summed E-state index contributed by atoms with van der Waals surface area (Å²) in [4.78, 5) is 29.3. The molecule has 2 aromatic heterocycles. The highest BCUT2D eigenvalue weighted by atomic mass is 32.1. The lowest BCUT2D eigenvalue weighted by Crippen LogP contribution is -2.07. The topological polar surface area (TPSA) is 82.3 Å². The fourth-order valence-corrected chi connectivity index (χ4v) is 2.65. The first-order chi connectivity index (χ1) is 10.6. The molecule has 0 radical (unpaired) electrons. The third kappa shape index (κ3) is 4.77. The molecule has 0 N–H and O–H groups in total. The summed E-state index contributed by atoms with van der Waals surface area (Å²) < 4.78 is 9.99. The number of thiophene rings is 1. The van der Waals surface area contributed by atoms with Crippen molar-refractivity contribution in [3.63, 3.8) is 0 Å². The second-order valence-electron chi connectivity index (χ2n) is 4.85. The number of aromatic nitrogens is 2. The number of carbonyl (C=O) groups excluding carboxylic acids is 2. The maximum atomic E-state index is 11.9. The van der Waals surface area contributed by atoms with Gasteiger partial charge in [-0.2, -0.15) is 4.98 Å². The van der Waals surface area contributed by atoms with E-state index >= 15 is 0 Å². The van der Waals surface area contributed by atoms with Crippen molar-refractivity contribution in [1.29, 1.82) is 0 Å². The molecule has 0 spiro atoms. The fraction of sp³-hybridized carbons (Fsp3) is 0.467. The van der Waals surface area contributed by atoms with Gasteiger partial charge in [-0.15, -0.1) is 11.3 Å². The Balaban J connectivity index is 1.72. The van der Waals surface area contributed by atoms with E-state index in [2.05, 4.69) is 10.1 Å². The van der Waals surface area contributed by atoms with Gasteiger partial charge in [0.05, 0.1) is 11.3 Å². The summed E-state index contributed by atoms with van der Waals surface area (Å²) in [6, 6.07) is 3.67. The quantitative estimate of drug-likeness (QED) is 0.548. The molecule has 2 rings (SSSR count). The molecule has 0 atom stereocenters. The Morgan fingerprint density at radius 2 is 2.14 bits per heavy atom. The summed E-state index contributed by atoms with van der Waals surface area (Å²) in [5.74, 6) is 0.392. The van der Waals surface area contributed by atoms with Gasteiger partial charge >= 0.3 is 5.97 Å². The van der Waals surface area contributed by atoms with Crippen LogP contribution >= 0.6 is 11.3 Å². The number of ether oxygens (including phenoxy) is 1. The van der Waals surface area contributed by atoms with E-state index in [1.54, 1.807) is 6.07 Å². The van der Waals surface area contributed by atoms with Crippen LogP contribution in [0.4, 0.5) is 0 Å².